The van der Waals surface area contributed by atoms with Crippen LogP contribution in [-0.2, 0) is 14.8 Å². The second kappa shape index (κ2) is 7.65. The summed E-state index contributed by atoms with van der Waals surface area (Å²) in [6.45, 7) is 3.43. The van der Waals surface area contributed by atoms with Gasteiger partial charge in [0.2, 0.25) is 0 Å². The summed E-state index contributed by atoms with van der Waals surface area (Å²) in [4.78, 5) is 14.4. The third-order valence-corrected chi connectivity index (χ3v) is 5.61. The van der Waals surface area contributed by atoms with Crippen LogP contribution in [0.2, 0.25) is 5.02 Å². The van der Waals surface area contributed by atoms with Crippen molar-refractivity contribution in [3.05, 3.63) is 59.1 Å². The van der Waals surface area contributed by atoms with Crippen molar-refractivity contribution in [3.8, 4) is 0 Å². The lowest BCUT2D eigenvalue weighted by atomic mass is 10.1. The summed E-state index contributed by atoms with van der Waals surface area (Å²) in [6, 6.07) is 12.4. The van der Waals surface area contributed by atoms with Crippen LogP contribution in [0, 0.1) is 0 Å². The molecular weight excluding hydrogens is 376 g/mol. The third-order valence-electron chi connectivity index (χ3n) is 4.00. The van der Waals surface area contributed by atoms with Crippen LogP contribution in [0.1, 0.15) is 17.3 Å². The van der Waals surface area contributed by atoms with Crippen molar-refractivity contribution in [3.63, 3.8) is 0 Å². The van der Waals surface area contributed by atoms with Crippen LogP contribution in [0.25, 0.3) is 0 Å². The highest BCUT2D eigenvalue weighted by Gasteiger charge is 2.23. The number of hydrogen-bond acceptors (Lipinski definition) is 4. The maximum Gasteiger partial charge on any atom is 0.261 e. The van der Waals surface area contributed by atoms with E-state index >= 15 is 0 Å². The molecule has 0 aromatic heterocycles. The van der Waals surface area contributed by atoms with E-state index in [1.54, 1.807) is 35.2 Å². The number of ether oxygens (including phenoxy) is 1. The van der Waals surface area contributed by atoms with E-state index in [9.17, 15) is 13.2 Å². The first-order valence-corrected chi connectivity index (χ1v) is 10.0. The minimum atomic E-state index is -3.79. The molecule has 0 bridgehead atoms. The lowest BCUT2D eigenvalue weighted by Gasteiger charge is -2.31. The number of amides is 1. The number of sulfonamides is 1. The van der Waals surface area contributed by atoms with E-state index in [1.165, 1.54) is 18.2 Å². The van der Waals surface area contributed by atoms with Gasteiger partial charge in [-0.2, -0.15) is 0 Å². The molecule has 1 unspecified atom stereocenters. The molecule has 1 amide bonds. The van der Waals surface area contributed by atoms with Gasteiger partial charge in [-0.25, -0.2) is 8.42 Å². The zero-order chi connectivity index (χ0) is 18.7. The van der Waals surface area contributed by atoms with Crippen molar-refractivity contribution in [2.75, 3.05) is 24.4 Å². The summed E-state index contributed by atoms with van der Waals surface area (Å²) >= 11 is 5.87. The van der Waals surface area contributed by atoms with Gasteiger partial charge in [-0.1, -0.05) is 23.7 Å². The Balaban J connectivity index is 1.80. The van der Waals surface area contributed by atoms with E-state index < -0.39 is 10.0 Å². The average Bonchev–Trinajstić information content (AvgIpc) is 2.61. The number of nitrogens with zero attached hydrogens (tertiary/aromatic N) is 1. The van der Waals surface area contributed by atoms with E-state index in [2.05, 4.69) is 4.72 Å². The van der Waals surface area contributed by atoms with Crippen LogP contribution >= 0.6 is 11.6 Å². The fraction of sp³-hybridized carbons (Fsp3) is 0.278. The molecule has 6 nitrogen and oxygen atoms in total. The molecule has 1 heterocycles. The Bertz CT molecular complexity index is 917. The van der Waals surface area contributed by atoms with Gasteiger partial charge in [0.05, 0.1) is 17.6 Å². The summed E-state index contributed by atoms with van der Waals surface area (Å²) in [7, 11) is -3.79. The van der Waals surface area contributed by atoms with E-state index in [-0.39, 0.29) is 16.9 Å². The molecule has 2 aromatic carbocycles. The van der Waals surface area contributed by atoms with E-state index in [0.29, 0.717) is 36.0 Å². The summed E-state index contributed by atoms with van der Waals surface area (Å²) in [5, 5.41) is 0.332. The minimum Gasteiger partial charge on any atom is -0.375 e. The molecule has 1 atom stereocenters. The van der Waals surface area contributed by atoms with Crippen molar-refractivity contribution in [2.24, 2.45) is 0 Å². The first kappa shape index (κ1) is 18.7. The Hall–Kier alpha value is -2.09. The largest absolute Gasteiger partial charge is 0.375 e. The molecule has 138 valence electrons. The number of morpholine rings is 1. The number of hydrogen-bond donors (Lipinski definition) is 1. The van der Waals surface area contributed by atoms with Gasteiger partial charge < -0.3 is 9.64 Å². The van der Waals surface area contributed by atoms with Crippen LogP contribution < -0.4 is 4.72 Å². The number of carbonyl (C=O) groups is 1. The number of benzene rings is 2. The van der Waals surface area contributed by atoms with Crippen molar-refractivity contribution < 1.29 is 17.9 Å². The normalized spacial score (nSPS) is 17.8. The predicted octanol–water partition coefficient (Wildman–Crippen LogP) is 3.00. The molecular formula is C18H19ClN2O4S. The molecule has 1 aliphatic rings. The third kappa shape index (κ3) is 4.35. The molecule has 8 heteroatoms. The van der Waals surface area contributed by atoms with E-state index in [4.69, 9.17) is 16.3 Å². The Kier molecular flexibility index (Phi) is 5.50. The highest BCUT2D eigenvalue weighted by atomic mass is 35.5. The monoisotopic (exact) mass is 394 g/mol. The second-order valence-corrected chi connectivity index (χ2v) is 8.20. The number of anilines is 1. The maximum absolute atomic E-state index is 12.7. The van der Waals surface area contributed by atoms with Crippen molar-refractivity contribution in [2.45, 2.75) is 17.9 Å². The number of carbonyl (C=O) groups excluding carboxylic acids is 1. The van der Waals surface area contributed by atoms with Gasteiger partial charge in [0.25, 0.3) is 15.9 Å². The van der Waals surface area contributed by atoms with Crippen LogP contribution in [0.4, 0.5) is 5.69 Å². The number of nitrogens with one attached hydrogen (secondary N) is 1. The molecule has 0 spiro atoms. The zero-order valence-corrected chi connectivity index (χ0v) is 15.8. The zero-order valence-electron chi connectivity index (χ0n) is 14.2. The van der Waals surface area contributed by atoms with Crippen molar-refractivity contribution in [1.29, 1.82) is 0 Å². The first-order valence-electron chi connectivity index (χ1n) is 8.14. The highest BCUT2D eigenvalue weighted by Crippen LogP contribution is 2.21. The summed E-state index contributed by atoms with van der Waals surface area (Å²) < 4.78 is 32.9. The smallest absolute Gasteiger partial charge is 0.261 e. The van der Waals surface area contributed by atoms with Gasteiger partial charge in [-0.05, 0) is 43.3 Å². The summed E-state index contributed by atoms with van der Waals surface area (Å²) in [5.74, 6) is -0.149. The van der Waals surface area contributed by atoms with Gasteiger partial charge >= 0.3 is 0 Å². The molecule has 3 rings (SSSR count). The van der Waals surface area contributed by atoms with Gasteiger partial charge in [0.1, 0.15) is 0 Å². The first-order chi connectivity index (χ1) is 12.3. The predicted molar refractivity (Wildman–Crippen MR) is 100 cm³/mol. The second-order valence-electron chi connectivity index (χ2n) is 6.08. The van der Waals surface area contributed by atoms with Gasteiger partial charge in [0.15, 0.2) is 0 Å². The molecule has 26 heavy (non-hydrogen) atoms. The molecule has 0 saturated carbocycles. The molecule has 1 saturated heterocycles. The molecule has 0 radical (unpaired) electrons. The minimum absolute atomic E-state index is 0.0165. The maximum atomic E-state index is 12.7. The van der Waals surface area contributed by atoms with Crippen LogP contribution in [-0.4, -0.2) is 45.0 Å². The summed E-state index contributed by atoms with van der Waals surface area (Å²) in [5.41, 5.74) is 0.738. The summed E-state index contributed by atoms with van der Waals surface area (Å²) in [6.07, 6.45) is -0.0165. The van der Waals surface area contributed by atoms with Crippen molar-refractivity contribution >= 4 is 33.2 Å². The molecule has 1 aliphatic heterocycles. The topological polar surface area (TPSA) is 75.7 Å². The van der Waals surface area contributed by atoms with Gasteiger partial charge in [0, 0.05) is 29.4 Å². The Morgan fingerprint density at radius 1 is 1.23 bits per heavy atom. The molecule has 2 aromatic rings. The average molecular weight is 395 g/mol. The van der Waals surface area contributed by atoms with E-state index in [0.717, 1.165) is 0 Å². The fourth-order valence-electron chi connectivity index (χ4n) is 2.75. The number of rotatable bonds is 4. The number of halogens is 1. The Morgan fingerprint density at radius 3 is 2.73 bits per heavy atom. The van der Waals surface area contributed by atoms with E-state index in [1.807, 2.05) is 6.92 Å². The van der Waals surface area contributed by atoms with Crippen LogP contribution in [0.3, 0.4) is 0 Å². The molecule has 1 N–H and O–H groups in total. The lowest BCUT2D eigenvalue weighted by molar-refractivity contribution is -0.0124. The Morgan fingerprint density at radius 2 is 2.00 bits per heavy atom. The van der Waals surface area contributed by atoms with Crippen LogP contribution in [0.5, 0.6) is 0 Å². The van der Waals surface area contributed by atoms with Crippen LogP contribution in [0.15, 0.2) is 53.4 Å². The quantitative estimate of drug-likeness (QED) is 0.864. The standard InChI is InChI=1S/C18H19ClN2O4S/c1-13-12-21(8-9-25-13)18(22)14-4-2-6-16(10-14)20-26(23,24)17-7-3-5-15(19)11-17/h2-7,10-11,13,20H,8-9,12H2,1H3. The molecule has 0 aliphatic carbocycles. The fourth-order valence-corrected chi connectivity index (χ4v) is 4.10. The Labute approximate surface area is 157 Å². The van der Waals surface area contributed by atoms with Crippen molar-refractivity contribution in [1.82, 2.24) is 4.90 Å². The van der Waals surface area contributed by atoms with Gasteiger partial charge in [-0.15, -0.1) is 0 Å². The van der Waals surface area contributed by atoms with Gasteiger partial charge in [-0.3, -0.25) is 9.52 Å². The SMILES string of the molecule is CC1CN(C(=O)c2cccc(NS(=O)(=O)c3cccc(Cl)c3)c2)CCO1. The lowest BCUT2D eigenvalue weighted by Crippen LogP contribution is -2.44. The molecule has 1 fully saturated rings. The highest BCUT2D eigenvalue weighted by molar-refractivity contribution is 7.92.